The van der Waals surface area contributed by atoms with Crippen LogP contribution in [-0.2, 0) is 4.74 Å². The summed E-state index contributed by atoms with van der Waals surface area (Å²) in [4.78, 5) is 26.1. The molecule has 29 heavy (non-hydrogen) atoms. The fourth-order valence-electron chi connectivity index (χ4n) is 3.84. The van der Waals surface area contributed by atoms with E-state index in [0.717, 1.165) is 43.6 Å². The van der Waals surface area contributed by atoms with Gasteiger partial charge in [-0.2, -0.15) is 0 Å². The second-order valence-corrected chi connectivity index (χ2v) is 7.93. The number of ether oxygens (including phenoxy) is 1. The average Bonchev–Trinajstić information content (AvgIpc) is 2.75. The molecular formula is C22H29N5O2. The minimum absolute atomic E-state index is 0.218. The summed E-state index contributed by atoms with van der Waals surface area (Å²) in [6, 6.07) is 9.84. The van der Waals surface area contributed by atoms with E-state index in [9.17, 15) is 4.79 Å². The number of amides is 1. The molecule has 154 valence electrons. The van der Waals surface area contributed by atoms with Crippen molar-refractivity contribution < 1.29 is 9.53 Å². The van der Waals surface area contributed by atoms with Crippen LogP contribution >= 0.6 is 0 Å². The molecule has 4 rings (SSSR count). The molecule has 2 aromatic rings. The standard InChI is InChI=1S/C22H29N5O2/c1-16-7-9-26(10-8-16)19-5-3-18(4-6-19)25-22(28)20-15-21(24-17(2)23-20)27-11-13-29-14-12-27/h3-6,15-16H,7-14H2,1-2H3,(H,25,28). The zero-order valence-corrected chi connectivity index (χ0v) is 17.2. The molecule has 0 unspecified atom stereocenters. The summed E-state index contributed by atoms with van der Waals surface area (Å²) in [5.41, 5.74) is 2.36. The van der Waals surface area contributed by atoms with Gasteiger partial charge in [0.15, 0.2) is 0 Å². The van der Waals surface area contributed by atoms with Crippen molar-refractivity contribution in [3.05, 3.63) is 41.9 Å². The Bertz CT molecular complexity index is 841. The molecule has 0 bridgehead atoms. The van der Waals surface area contributed by atoms with Crippen LogP contribution in [0.4, 0.5) is 17.2 Å². The van der Waals surface area contributed by atoms with E-state index in [2.05, 4.69) is 44.1 Å². The van der Waals surface area contributed by atoms with Gasteiger partial charge in [0.05, 0.1) is 13.2 Å². The molecule has 0 spiro atoms. The van der Waals surface area contributed by atoms with E-state index >= 15 is 0 Å². The first-order valence-corrected chi connectivity index (χ1v) is 10.4. The Hall–Kier alpha value is -2.67. The number of hydrogen-bond acceptors (Lipinski definition) is 6. The van der Waals surface area contributed by atoms with Gasteiger partial charge in [-0.15, -0.1) is 0 Å². The van der Waals surface area contributed by atoms with Gasteiger partial charge in [0.1, 0.15) is 17.3 Å². The molecule has 2 fully saturated rings. The van der Waals surface area contributed by atoms with E-state index in [-0.39, 0.29) is 5.91 Å². The second-order valence-electron chi connectivity index (χ2n) is 7.93. The summed E-state index contributed by atoms with van der Waals surface area (Å²) in [5, 5.41) is 2.96. The Morgan fingerprint density at radius 1 is 1.03 bits per heavy atom. The Morgan fingerprint density at radius 2 is 1.72 bits per heavy atom. The first-order chi connectivity index (χ1) is 14.1. The van der Waals surface area contributed by atoms with Crippen LogP contribution in [0.3, 0.4) is 0 Å². The van der Waals surface area contributed by atoms with Crippen molar-refractivity contribution in [3.8, 4) is 0 Å². The van der Waals surface area contributed by atoms with E-state index in [1.807, 2.05) is 19.1 Å². The van der Waals surface area contributed by atoms with Crippen molar-refractivity contribution in [2.24, 2.45) is 5.92 Å². The predicted molar refractivity (Wildman–Crippen MR) is 115 cm³/mol. The number of nitrogens with zero attached hydrogens (tertiary/aromatic N) is 4. The lowest BCUT2D eigenvalue weighted by Gasteiger charge is -2.32. The van der Waals surface area contributed by atoms with Gasteiger partial charge in [0, 0.05) is 43.6 Å². The third-order valence-electron chi connectivity index (χ3n) is 5.67. The predicted octanol–water partition coefficient (Wildman–Crippen LogP) is 3.11. The number of anilines is 3. The smallest absolute Gasteiger partial charge is 0.274 e. The van der Waals surface area contributed by atoms with E-state index < -0.39 is 0 Å². The number of rotatable bonds is 4. The molecule has 2 aliphatic heterocycles. The molecular weight excluding hydrogens is 366 g/mol. The number of piperidine rings is 1. The molecule has 0 radical (unpaired) electrons. The van der Waals surface area contributed by atoms with Gasteiger partial charge in [-0.3, -0.25) is 4.79 Å². The molecule has 2 aliphatic rings. The lowest BCUT2D eigenvalue weighted by atomic mass is 9.99. The molecule has 0 aliphatic carbocycles. The Labute approximate surface area is 172 Å². The fourth-order valence-corrected chi connectivity index (χ4v) is 3.84. The van der Waals surface area contributed by atoms with Crippen LogP contribution in [0.25, 0.3) is 0 Å². The maximum atomic E-state index is 12.8. The topological polar surface area (TPSA) is 70.6 Å². The molecule has 2 saturated heterocycles. The zero-order valence-electron chi connectivity index (χ0n) is 17.2. The number of carbonyl (C=O) groups is 1. The van der Waals surface area contributed by atoms with Crippen LogP contribution in [-0.4, -0.2) is 55.3 Å². The largest absolute Gasteiger partial charge is 0.378 e. The fraction of sp³-hybridized carbons (Fsp3) is 0.500. The highest BCUT2D eigenvalue weighted by atomic mass is 16.5. The number of benzene rings is 1. The van der Waals surface area contributed by atoms with E-state index in [0.29, 0.717) is 24.7 Å². The Kier molecular flexibility index (Phi) is 5.94. The van der Waals surface area contributed by atoms with Gasteiger partial charge in [-0.25, -0.2) is 9.97 Å². The van der Waals surface area contributed by atoms with E-state index in [1.54, 1.807) is 6.07 Å². The lowest BCUT2D eigenvalue weighted by Crippen LogP contribution is -2.37. The van der Waals surface area contributed by atoms with Crippen LogP contribution in [0.15, 0.2) is 30.3 Å². The third kappa shape index (κ3) is 4.85. The normalized spacial score (nSPS) is 18.0. The maximum absolute atomic E-state index is 12.8. The third-order valence-corrected chi connectivity index (χ3v) is 5.67. The van der Waals surface area contributed by atoms with Crippen LogP contribution in [0, 0.1) is 12.8 Å². The van der Waals surface area contributed by atoms with Crippen molar-refractivity contribution in [1.29, 1.82) is 0 Å². The molecule has 1 aromatic heterocycles. The van der Waals surface area contributed by atoms with Crippen LogP contribution in [0.1, 0.15) is 36.1 Å². The number of aromatic nitrogens is 2. The number of nitrogens with one attached hydrogen (secondary N) is 1. The van der Waals surface area contributed by atoms with Crippen molar-refractivity contribution >= 4 is 23.1 Å². The van der Waals surface area contributed by atoms with Crippen molar-refractivity contribution in [2.45, 2.75) is 26.7 Å². The van der Waals surface area contributed by atoms with Gasteiger partial charge in [-0.1, -0.05) is 6.92 Å². The summed E-state index contributed by atoms with van der Waals surface area (Å²) in [6.07, 6.45) is 2.47. The summed E-state index contributed by atoms with van der Waals surface area (Å²) in [6.45, 7) is 9.21. The molecule has 7 heteroatoms. The van der Waals surface area contributed by atoms with Crippen molar-refractivity contribution in [1.82, 2.24) is 9.97 Å². The Balaban J connectivity index is 1.43. The molecule has 1 aromatic carbocycles. The first-order valence-electron chi connectivity index (χ1n) is 10.4. The van der Waals surface area contributed by atoms with Crippen LogP contribution < -0.4 is 15.1 Å². The summed E-state index contributed by atoms with van der Waals surface area (Å²) >= 11 is 0. The zero-order chi connectivity index (χ0) is 20.2. The molecule has 3 heterocycles. The highest BCUT2D eigenvalue weighted by molar-refractivity contribution is 6.03. The van der Waals surface area contributed by atoms with Crippen LogP contribution in [0.5, 0.6) is 0 Å². The minimum Gasteiger partial charge on any atom is -0.378 e. The Morgan fingerprint density at radius 3 is 2.41 bits per heavy atom. The highest BCUT2D eigenvalue weighted by Gasteiger charge is 2.18. The van der Waals surface area contributed by atoms with E-state index in [1.165, 1.54) is 18.5 Å². The number of hydrogen-bond donors (Lipinski definition) is 1. The first kappa shape index (κ1) is 19.6. The molecule has 1 N–H and O–H groups in total. The van der Waals surface area contributed by atoms with Crippen LogP contribution in [0.2, 0.25) is 0 Å². The van der Waals surface area contributed by atoms with Crippen molar-refractivity contribution in [2.75, 3.05) is 54.5 Å². The number of aryl methyl sites for hydroxylation is 1. The van der Waals surface area contributed by atoms with Gasteiger partial charge >= 0.3 is 0 Å². The molecule has 1 amide bonds. The SMILES string of the molecule is Cc1nc(C(=O)Nc2ccc(N3CCC(C)CC3)cc2)cc(N2CCOCC2)n1. The maximum Gasteiger partial charge on any atom is 0.274 e. The quantitative estimate of drug-likeness (QED) is 0.858. The van der Waals surface area contributed by atoms with Gasteiger partial charge < -0.3 is 19.9 Å². The highest BCUT2D eigenvalue weighted by Crippen LogP contribution is 2.24. The molecule has 0 saturated carbocycles. The number of carbonyl (C=O) groups excluding carboxylic acids is 1. The summed E-state index contributed by atoms with van der Waals surface area (Å²) in [7, 11) is 0. The summed E-state index contributed by atoms with van der Waals surface area (Å²) < 4.78 is 5.40. The average molecular weight is 396 g/mol. The lowest BCUT2D eigenvalue weighted by molar-refractivity contribution is 0.102. The molecule has 0 atom stereocenters. The second kappa shape index (κ2) is 8.78. The van der Waals surface area contributed by atoms with Gasteiger partial charge in [-0.05, 0) is 49.9 Å². The number of morpholine rings is 1. The summed E-state index contributed by atoms with van der Waals surface area (Å²) in [5.74, 6) is 1.96. The van der Waals surface area contributed by atoms with Gasteiger partial charge in [0.25, 0.3) is 5.91 Å². The monoisotopic (exact) mass is 395 g/mol. The molecule has 7 nitrogen and oxygen atoms in total. The van der Waals surface area contributed by atoms with Crippen molar-refractivity contribution in [3.63, 3.8) is 0 Å². The van der Waals surface area contributed by atoms with Gasteiger partial charge in [0.2, 0.25) is 0 Å². The minimum atomic E-state index is -0.218. The van der Waals surface area contributed by atoms with E-state index in [4.69, 9.17) is 4.74 Å².